The Morgan fingerprint density at radius 1 is 1.23 bits per heavy atom. The minimum absolute atomic E-state index is 0.511. The highest BCUT2D eigenvalue weighted by molar-refractivity contribution is 9.10. The first-order chi connectivity index (χ1) is 12.6. The van der Waals surface area contributed by atoms with Crippen molar-refractivity contribution in [2.45, 2.75) is 17.8 Å². The molecule has 0 fully saturated rings. The van der Waals surface area contributed by atoms with E-state index in [9.17, 15) is 0 Å². The summed E-state index contributed by atoms with van der Waals surface area (Å²) in [7, 11) is 1.92. The van der Waals surface area contributed by atoms with Gasteiger partial charge in [-0.1, -0.05) is 45.0 Å². The van der Waals surface area contributed by atoms with Gasteiger partial charge in [0.25, 0.3) is 0 Å². The summed E-state index contributed by atoms with van der Waals surface area (Å²) in [6.07, 6.45) is 1.65. The van der Waals surface area contributed by atoms with Crippen molar-refractivity contribution >= 4 is 27.7 Å². The number of thioether (sulfide) groups is 1. The van der Waals surface area contributed by atoms with Crippen LogP contribution in [0.4, 0.5) is 0 Å². The van der Waals surface area contributed by atoms with Crippen molar-refractivity contribution in [3.63, 3.8) is 0 Å². The molecule has 0 aliphatic rings. The van der Waals surface area contributed by atoms with Crippen molar-refractivity contribution in [1.82, 2.24) is 24.9 Å². The molecule has 0 spiro atoms. The lowest BCUT2D eigenvalue weighted by atomic mass is 10.2. The van der Waals surface area contributed by atoms with Gasteiger partial charge < -0.3 is 13.5 Å². The van der Waals surface area contributed by atoms with Crippen LogP contribution in [0.1, 0.15) is 11.7 Å². The molecule has 0 saturated heterocycles. The number of benzene rings is 1. The van der Waals surface area contributed by atoms with Crippen molar-refractivity contribution in [2.24, 2.45) is 7.05 Å². The maximum atomic E-state index is 5.35. The SMILES string of the molecule is Cc1occc1-c1nnc(SCc2nc(-c3cccc(Br)c3)no2)n1C. The number of rotatable bonds is 5. The second-order valence-corrected chi connectivity index (χ2v) is 7.42. The van der Waals surface area contributed by atoms with Gasteiger partial charge in [0.2, 0.25) is 11.7 Å². The second kappa shape index (κ2) is 7.08. The molecule has 0 unspecified atom stereocenters. The first kappa shape index (κ1) is 17.0. The van der Waals surface area contributed by atoms with Gasteiger partial charge in [0.1, 0.15) is 5.76 Å². The first-order valence-electron chi connectivity index (χ1n) is 7.77. The summed E-state index contributed by atoms with van der Waals surface area (Å²) in [5.74, 6) is 3.19. The van der Waals surface area contributed by atoms with Crippen molar-refractivity contribution < 1.29 is 8.94 Å². The summed E-state index contributed by atoms with van der Waals surface area (Å²) in [6, 6.07) is 9.66. The maximum Gasteiger partial charge on any atom is 0.237 e. The predicted molar refractivity (Wildman–Crippen MR) is 100 cm³/mol. The van der Waals surface area contributed by atoms with E-state index >= 15 is 0 Å². The van der Waals surface area contributed by atoms with Crippen LogP contribution in [0.25, 0.3) is 22.8 Å². The number of aromatic nitrogens is 5. The monoisotopic (exact) mass is 431 g/mol. The molecular weight excluding hydrogens is 418 g/mol. The van der Waals surface area contributed by atoms with E-state index in [1.807, 2.05) is 48.9 Å². The summed E-state index contributed by atoms with van der Waals surface area (Å²) >= 11 is 4.93. The van der Waals surface area contributed by atoms with E-state index in [-0.39, 0.29) is 0 Å². The third kappa shape index (κ3) is 3.32. The quantitative estimate of drug-likeness (QED) is 0.430. The number of halogens is 1. The molecular formula is C17H14BrN5O2S. The Bertz CT molecular complexity index is 1060. The van der Waals surface area contributed by atoms with Gasteiger partial charge in [-0.05, 0) is 25.1 Å². The van der Waals surface area contributed by atoms with Crippen molar-refractivity contribution in [3.8, 4) is 22.8 Å². The van der Waals surface area contributed by atoms with Gasteiger partial charge in [0, 0.05) is 17.1 Å². The van der Waals surface area contributed by atoms with E-state index in [4.69, 9.17) is 8.94 Å². The van der Waals surface area contributed by atoms with Crippen LogP contribution in [0.3, 0.4) is 0 Å². The summed E-state index contributed by atoms with van der Waals surface area (Å²) < 4.78 is 13.6. The lowest BCUT2D eigenvalue weighted by Crippen LogP contribution is -1.95. The summed E-state index contributed by atoms with van der Waals surface area (Å²) in [5, 5.41) is 13.3. The molecule has 0 radical (unpaired) electrons. The van der Waals surface area contributed by atoms with E-state index in [1.54, 1.807) is 6.26 Å². The highest BCUT2D eigenvalue weighted by Crippen LogP contribution is 2.28. The van der Waals surface area contributed by atoms with E-state index in [2.05, 4.69) is 36.3 Å². The standard InChI is InChI=1S/C17H14BrN5O2S/c1-10-13(6-7-24-10)16-20-21-17(23(16)2)26-9-14-19-15(22-25-14)11-4-3-5-12(18)8-11/h3-8H,9H2,1-2H3. The van der Waals surface area contributed by atoms with Gasteiger partial charge in [0.05, 0.1) is 17.6 Å². The molecule has 1 aromatic carbocycles. The Kier molecular flexibility index (Phi) is 4.64. The number of hydrogen-bond donors (Lipinski definition) is 0. The number of aryl methyl sites for hydroxylation is 1. The third-order valence-electron chi connectivity index (χ3n) is 3.81. The van der Waals surface area contributed by atoms with E-state index < -0.39 is 0 Å². The molecule has 9 heteroatoms. The molecule has 3 aromatic heterocycles. The van der Waals surface area contributed by atoms with Crippen LogP contribution in [0.15, 0.2) is 55.2 Å². The molecule has 0 aliphatic heterocycles. The average molecular weight is 432 g/mol. The molecule has 0 bridgehead atoms. The Morgan fingerprint density at radius 2 is 2.12 bits per heavy atom. The smallest absolute Gasteiger partial charge is 0.237 e. The van der Waals surface area contributed by atoms with Crippen LogP contribution < -0.4 is 0 Å². The van der Waals surface area contributed by atoms with E-state index in [0.29, 0.717) is 17.5 Å². The van der Waals surface area contributed by atoms with E-state index in [0.717, 1.165) is 32.3 Å². The molecule has 132 valence electrons. The second-order valence-electron chi connectivity index (χ2n) is 5.57. The zero-order chi connectivity index (χ0) is 18.1. The molecule has 0 amide bonds. The average Bonchev–Trinajstić information content (AvgIpc) is 3.34. The minimum atomic E-state index is 0.511. The van der Waals surface area contributed by atoms with E-state index in [1.165, 1.54) is 11.8 Å². The van der Waals surface area contributed by atoms with Crippen LogP contribution in [-0.2, 0) is 12.8 Å². The lowest BCUT2D eigenvalue weighted by Gasteiger charge is -2.01. The van der Waals surface area contributed by atoms with Gasteiger partial charge in [-0.2, -0.15) is 4.98 Å². The van der Waals surface area contributed by atoms with Gasteiger partial charge in [-0.3, -0.25) is 0 Å². The Labute approximate surface area is 161 Å². The van der Waals surface area contributed by atoms with Gasteiger partial charge in [0.15, 0.2) is 11.0 Å². The zero-order valence-electron chi connectivity index (χ0n) is 14.0. The molecule has 0 aliphatic carbocycles. The van der Waals surface area contributed by atoms with Crippen molar-refractivity contribution in [1.29, 1.82) is 0 Å². The molecule has 0 atom stereocenters. The maximum absolute atomic E-state index is 5.35. The molecule has 4 rings (SSSR count). The zero-order valence-corrected chi connectivity index (χ0v) is 16.4. The largest absolute Gasteiger partial charge is 0.469 e. The molecule has 0 saturated carbocycles. The van der Waals surface area contributed by atoms with Gasteiger partial charge >= 0.3 is 0 Å². The first-order valence-corrected chi connectivity index (χ1v) is 9.55. The van der Waals surface area contributed by atoms with Crippen LogP contribution in [0.2, 0.25) is 0 Å². The summed E-state index contributed by atoms with van der Waals surface area (Å²) in [5.41, 5.74) is 1.83. The Morgan fingerprint density at radius 3 is 2.88 bits per heavy atom. The van der Waals surface area contributed by atoms with Crippen molar-refractivity contribution in [2.75, 3.05) is 0 Å². The van der Waals surface area contributed by atoms with Crippen LogP contribution in [0.5, 0.6) is 0 Å². The highest BCUT2D eigenvalue weighted by Gasteiger charge is 2.16. The predicted octanol–water partition coefficient (Wildman–Crippen LogP) is 4.49. The Hall–Kier alpha value is -2.39. The highest BCUT2D eigenvalue weighted by atomic mass is 79.9. The number of hydrogen-bond acceptors (Lipinski definition) is 7. The van der Waals surface area contributed by atoms with Gasteiger partial charge in [-0.25, -0.2) is 0 Å². The fraction of sp³-hybridized carbons (Fsp3) is 0.176. The normalized spacial score (nSPS) is 11.2. The molecule has 7 nitrogen and oxygen atoms in total. The topological polar surface area (TPSA) is 82.8 Å². The van der Waals surface area contributed by atoms with Crippen LogP contribution in [0, 0.1) is 6.92 Å². The lowest BCUT2D eigenvalue weighted by molar-refractivity contribution is 0.391. The van der Waals surface area contributed by atoms with Crippen LogP contribution in [-0.4, -0.2) is 24.9 Å². The molecule has 3 heterocycles. The van der Waals surface area contributed by atoms with Gasteiger partial charge in [-0.15, -0.1) is 10.2 Å². The van der Waals surface area contributed by atoms with Crippen LogP contribution >= 0.6 is 27.7 Å². The number of furan rings is 1. The fourth-order valence-electron chi connectivity index (χ4n) is 2.48. The minimum Gasteiger partial charge on any atom is -0.469 e. The summed E-state index contributed by atoms with van der Waals surface area (Å²) in [6.45, 7) is 1.90. The fourth-order valence-corrected chi connectivity index (χ4v) is 3.62. The molecule has 26 heavy (non-hydrogen) atoms. The molecule has 0 N–H and O–H groups in total. The number of nitrogens with zero attached hydrogens (tertiary/aromatic N) is 5. The Balaban J connectivity index is 1.49. The summed E-state index contributed by atoms with van der Waals surface area (Å²) in [4.78, 5) is 4.45. The molecule has 4 aromatic rings. The van der Waals surface area contributed by atoms with Crippen molar-refractivity contribution in [3.05, 3.63) is 52.7 Å². The third-order valence-corrected chi connectivity index (χ3v) is 5.31.